The summed E-state index contributed by atoms with van der Waals surface area (Å²) in [5, 5.41) is 8.95. The zero-order valence-corrected chi connectivity index (χ0v) is 12.8. The van der Waals surface area contributed by atoms with Crippen molar-refractivity contribution in [3.63, 3.8) is 0 Å². The predicted molar refractivity (Wildman–Crippen MR) is 77.9 cm³/mol. The van der Waals surface area contributed by atoms with Crippen molar-refractivity contribution in [1.82, 2.24) is 4.90 Å². The van der Waals surface area contributed by atoms with Gasteiger partial charge in [0.05, 0.1) is 6.21 Å². The molecule has 1 rings (SSSR count). The van der Waals surface area contributed by atoms with Crippen molar-refractivity contribution in [2.24, 2.45) is 10.3 Å². The van der Waals surface area contributed by atoms with Crippen LogP contribution in [0.2, 0.25) is 0 Å². The number of hydrogen-bond acceptors (Lipinski definition) is 3. The van der Waals surface area contributed by atoms with Crippen LogP contribution in [0, 0.1) is 5.92 Å². The SMILES string of the molecule is CC(C)(C)[S+]([O-])/N=C/CC[C@H]1CCCN(C(=O)O)C1. The number of likely N-dealkylation sites (tertiary alicyclic amines) is 1. The normalized spacial score (nSPS) is 22.7. The highest BCUT2D eigenvalue weighted by Crippen LogP contribution is 2.21. The van der Waals surface area contributed by atoms with Crippen molar-refractivity contribution in [3.05, 3.63) is 0 Å². The minimum Gasteiger partial charge on any atom is -0.591 e. The monoisotopic (exact) mass is 288 g/mol. The molecule has 0 saturated carbocycles. The fraction of sp³-hybridized carbons (Fsp3) is 0.846. The number of piperidine rings is 1. The first-order chi connectivity index (χ1) is 8.80. The number of nitrogens with zero attached hydrogens (tertiary/aromatic N) is 2. The van der Waals surface area contributed by atoms with Crippen molar-refractivity contribution < 1.29 is 14.5 Å². The van der Waals surface area contributed by atoms with E-state index in [2.05, 4.69) is 4.40 Å². The van der Waals surface area contributed by atoms with Gasteiger partial charge < -0.3 is 14.6 Å². The van der Waals surface area contributed by atoms with Crippen molar-refractivity contribution in [2.45, 2.75) is 51.2 Å². The van der Waals surface area contributed by atoms with Gasteiger partial charge in [0.1, 0.15) is 16.1 Å². The zero-order chi connectivity index (χ0) is 14.5. The van der Waals surface area contributed by atoms with Gasteiger partial charge in [-0.2, -0.15) is 0 Å². The molecule has 1 aliphatic rings. The maximum Gasteiger partial charge on any atom is 0.407 e. The van der Waals surface area contributed by atoms with Crippen LogP contribution < -0.4 is 0 Å². The molecule has 5 nitrogen and oxygen atoms in total. The van der Waals surface area contributed by atoms with Crippen LogP contribution >= 0.6 is 0 Å². The zero-order valence-electron chi connectivity index (χ0n) is 12.0. The van der Waals surface area contributed by atoms with Gasteiger partial charge in [-0.1, -0.05) is 4.40 Å². The lowest BCUT2D eigenvalue weighted by Crippen LogP contribution is -2.38. The second-order valence-corrected chi connectivity index (χ2v) is 7.90. The van der Waals surface area contributed by atoms with Crippen molar-refractivity contribution >= 4 is 23.7 Å². The van der Waals surface area contributed by atoms with E-state index in [0.717, 1.165) is 25.7 Å². The Morgan fingerprint density at radius 2 is 2.26 bits per heavy atom. The van der Waals surface area contributed by atoms with E-state index in [-0.39, 0.29) is 4.75 Å². The van der Waals surface area contributed by atoms with Crippen LogP contribution in [-0.4, -0.2) is 44.7 Å². The van der Waals surface area contributed by atoms with Crippen LogP contribution in [-0.2, 0) is 11.4 Å². The molecule has 1 aliphatic heterocycles. The van der Waals surface area contributed by atoms with Gasteiger partial charge in [-0.15, -0.1) is 0 Å². The van der Waals surface area contributed by atoms with E-state index in [0.29, 0.717) is 19.0 Å². The van der Waals surface area contributed by atoms with E-state index < -0.39 is 17.5 Å². The van der Waals surface area contributed by atoms with E-state index >= 15 is 0 Å². The van der Waals surface area contributed by atoms with Crippen molar-refractivity contribution in [2.75, 3.05) is 13.1 Å². The summed E-state index contributed by atoms with van der Waals surface area (Å²) in [5.41, 5.74) is 0. The van der Waals surface area contributed by atoms with Gasteiger partial charge in [-0.05, 0) is 52.4 Å². The summed E-state index contributed by atoms with van der Waals surface area (Å²) in [4.78, 5) is 12.4. The quantitative estimate of drug-likeness (QED) is 0.638. The van der Waals surface area contributed by atoms with Gasteiger partial charge in [-0.3, -0.25) is 0 Å². The van der Waals surface area contributed by atoms with Crippen LogP contribution in [0.3, 0.4) is 0 Å². The molecule has 1 unspecified atom stereocenters. The molecule has 1 amide bonds. The Balaban J connectivity index is 2.29. The summed E-state index contributed by atoms with van der Waals surface area (Å²) in [7, 11) is 0. The largest absolute Gasteiger partial charge is 0.591 e. The summed E-state index contributed by atoms with van der Waals surface area (Å²) in [6.07, 6.45) is 4.57. The Morgan fingerprint density at radius 3 is 2.84 bits per heavy atom. The lowest BCUT2D eigenvalue weighted by Gasteiger charge is -2.30. The highest BCUT2D eigenvalue weighted by molar-refractivity contribution is 7.91. The Labute approximate surface area is 118 Å². The Kier molecular flexibility index (Phi) is 6.13. The molecule has 1 heterocycles. The van der Waals surface area contributed by atoms with Crippen LogP contribution in [0.1, 0.15) is 46.5 Å². The number of carbonyl (C=O) groups is 1. The topological polar surface area (TPSA) is 76.0 Å². The minimum absolute atomic E-state index is 0.318. The van der Waals surface area contributed by atoms with Gasteiger partial charge in [0.15, 0.2) is 0 Å². The van der Waals surface area contributed by atoms with E-state index in [1.807, 2.05) is 20.8 Å². The summed E-state index contributed by atoms with van der Waals surface area (Å²) < 4.78 is 15.4. The molecule has 0 spiro atoms. The highest BCUT2D eigenvalue weighted by atomic mass is 32.2. The first-order valence-electron chi connectivity index (χ1n) is 6.73. The fourth-order valence-electron chi connectivity index (χ4n) is 2.06. The van der Waals surface area contributed by atoms with Crippen LogP contribution in [0.5, 0.6) is 0 Å². The van der Waals surface area contributed by atoms with Crippen LogP contribution in [0.25, 0.3) is 0 Å². The average molecular weight is 288 g/mol. The number of rotatable bonds is 4. The molecule has 19 heavy (non-hydrogen) atoms. The number of hydrogen-bond donors (Lipinski definition) is 1. The van der Waals surface area contributed by atoms with E-state index in [1.165, 1.54) is 4.90 Å². The number of amides is 1. The Hall–Kier alpha value is -0.750. The van der Waals surface area contributed by atoms with Gasteiger partial charge in [0, 0.05) is 13.1 Å². The molecule has 0 radical (unpaired) electrons. The molecule has 0 aromatic carbocycles. The molecule has 0 aliphatic carbocycles. The maximum atomic E-state index is 11.7. The van der Waals surface area contributed by atoms with Gasteiger partial charge in [-0.25, -0.2) is 4.79 Å². The lowest BCUT2D eigenvalue weighted by atomic mass is 9.94. The molecule has 110 valence electrons. The fourth-order valence-corrected chi connectivity index (χ4v) is 2.62. The predicted octanol–water partition coefficient (Wildman–Crippen LogP) is 2.69. The molecule has 0 aromatic heterocycles. The van der Waals surface area contributed by atoms with Crippen molar-refractivity contribution in [1.29, 1.82) is 0 Å². The van der Waals surface area contributed by atoms with Crippen LogP contribution in [0.4, 0.5) is 4.79 Å². The smallest absolute Gasteiger partial charge is 0.407 e. The average Bonchev–Trinajstić information content (AvgIpc) is 2.33. The molecule has 1 N–H and O–H groups in total. The third-order valence-electron chi connectivity index (χ3n) is 3.19. The van der Waals surface area contributed by atoms with E-state index in [9.17, 15) is 9.35 Å². The lowest BCUT2D eigenvalue weighted by molar-refractivity contribution is 0.119. The highest BCUT2D eigenvalue weighted by Gasteiger charge is 2.26. The molecule has 0 bridgehead atoms. The first kappa shape index (κ1) is 16.3. The van der Waals surface area contributed by atoms with Gasteiger partial charge in [0.25, 0.3) is 0 Å². The standard InChI is InChI=1S/C13H24N2O3S/c1-13(2,3)19(18)14-8-4-6-11-7-5-9-15(10-11)12(16)17/h8,11H,4-7,9-10H2,1-3H3,(H,16,17)/b14-8+/t11-,19?/m0/s1. The molecule has 1 saturated heterocycles. The van der Waals surface area contributed by atoms with Gasteiger partial charge >= 0.3 is 6.09 Å². The van der Waals surface area contributed by atoms with Gasteiger partial charge in [0.2, 0.25) is 0 Å². The molecular formula is C13H24N2O3S. The van der Waals surface area contributed by atoms with Crippen LogP contribution in [0.15, 0.2) is 4.40 Å². The second kappa shape index (κ2) is 7.14. The summed E-state index contributed by atoms with van der Waals surface area (Å²) in [6, 6.07) is 0. The molecule has 1 fully saturated rings. The van der Waals surface area contributed by atoms with E-state index in [1.54, 1.807) is 6.21 Å². The Bertz CT molecular complexity index is 328. The molecule has 2 atom stereocenters. The summed E-state index contributed by atoms with van der Waals surface area (Å²) in [5.74, 6) is 0.402. The first-order valence-corrected chi connectivity index (χ1v) is 7.84. The summed E-state index contributed by atoms with van der Waals surface area (Å²) >= 11 is -1.19. The second-order valence-electron chi connectivity index (χ2n) is 5.96. The van der Waals surface area contributed by atoms with Crippen molar-refractivity contribution in [3.8, 4) is 0 Å². The van der Waals surface area contributed by atoms with E-state index in [4.69, 9.17) is 5.11 Å². The molecule has 0 aromatic rings. The molecule has 6 heteroatoms. The third-order valence-corrected chi connectivity index (χ3v) is 4.58. The minimum atomic E-state index is -1.19. The maximum absolute atomic E-state index is 11.7. The number of carboxylic acid groups (broad SMARTS) is 1. The Morgan fingerprint density at radius 1 is 1.58 bits per heavy atom. The third kappa shape index (κ3) is 5.82. The molecular weight excluding hydrogens is 264 g/mol. The summed E-state index contributed by atoms with van der Waals surface area (Å²) in [6.45, 7) is 6.95.